The van der Waals surface area contributed by atoms with Gasteiger partial charge in [-0.15, -0.1) is 0 Å². The fourth-order valence-corrected chi connectivity index (χ4v) is 2.24. The number of carbonyl (C=O) groups is 1. The molecule has 0 aromatic heterocycles. The SMILES string of the molecule is CC(C=NNC(=O)c1ccc(C(C)(C)C)cc1)c1ccccc1. The van der Waals surface area contributed by atoms with Crippen LogP contribution in [0.15, 0.2) is 59.7 Å². The van der Waals surface area contributed by atoms with Crippen molar-refractivity contribution in [3.63, 3.8) is 0 Å². The molecule has 3 heteroatoms. The zero-order chi connectivity index (χ0) is 16.9. The van der Waals surface area contributed by atoms with Crippen LogP contribution in [0.3, 0.4) is 0 Å². The maximum atomic E-state index is 12.1. The Hall–Kier alpha value is -2.42. The molecule has 0 radical (unpaired) electrons. The van der Waals surface area contributed by atoms with Crippen molar-refractivity contribution < 1.29 is 4.79 Å². The van der Waals surface area contributed by atoms with Gasteiger partial charge in [-0.25, -0.2) is 5.43 Å². The van der Waals surface area contributed by atoms with Crippen LogP contribution in [0.1, 0.15) is 55.1 Å². The van der Waals surface area contributed by atoms with Crippen molar-refractivity contribution in [2.24, 2.45) is 5.10 Å². The average molecular weight is 308 g/mol. The van der Waals surface area contributed by atoms with E-state index < -0.39 is 0 Å². The van der Waals surface area contributed by atoms with E-state index in [9.17, 15) is 4.79 Å². The van der Waals surface area contributed by atoms with Gasteiger partial charge in [0.2, 0.25) is 0 Å². The summed E-state index contributed by atoms with van der Waals surface area (Å²) in [5.41, 5.74) is 5.65. The van der Waals surface area contributed by atoms with Crippen molar-refractivity contribution in [1.29, 1.82) is 0 Å². The predicted octanol–water partition coefficient (Wildman–Crippen LogP) is 4.50. The predicted molar refractivity (Wildman–Crippen MR) is 96.0 cm³/mol. The fourth-order valence-electron chi connectivity index (χ4n) is 2.24. The summed E-state index contributed by atoms with van der Waals surface area (Å²) < 4.78 is 0. The van der Waals surface area contributed by atoms with Crippen molar-refractivity contribution in [1.82, 2.24) is 5.43 Å². The monoisotopic (exact) mass is 308 g/mol. The Morgan fingerprint density at radius 2 is 1.65 bits per heavy atom. The third-order valence-corrected chi connectivity index (χ3v) is 3.80. The van der Waals surface area contributed by atoms with Gasteiger partial charge in [-0.3, -0.25) is 4.79 Å². The molecule has 0 fully saturated rings. The van der Waals surface area contributed by atoms with Crippen LogP contribution in [-0.2, 0) is 5.41 Å². The zero-order valence-electron chi connectivity index (χ0n) is 14.2. The largest absolute Gasteiger partial charge is 0.271 e. The van der Waals surface area contributed by atoms with Gasteiger partial charge < -0.3 is 0 Å². The first-order valence-corrected chi connectivity index (χ1v) is 7.87. The number of nitrogens with one attached hydrogen (secondary N) is 1. The van der Waals surface area contributed by atoms with Crippen molar-refractivity contribution in [3.8, 4) is 0 Å². The summed E-state index contributed by atoms with van der Waals surface area (Å²) in [7, 11) is 0. The third-order valence-electron chi connectivity index (χ3n) is 3.80. The second-order valence-electron chi connectivity index (χ2n) is 6.75. The molecule has 0 saturated carbocycles. The Labute approximate surface area is 138 Å². The minimum Gasteiger partial charge on any atom is -0.267 e. The molecule has 0 aliphatic carbocycles. The van der Waals surface area contributed by atoms with E-state index in [1.807, 2.05) is 61.5 Å². The van der Waals surface area contributed by atoms with E-state index in [4.69, 9.17) is 0 Å². The summed E-state index contributed by atoms with van der Waals surface area (Å²) in [5.74, 6) is -0.0401. The van der Waals surface area contributed by atoms with E-state index in [1.165, 1.54) is 11.1 Å². The van der Waals surface area contributed by atoms with Crippen molar-refractivity contribution >= 4 is 12.1 Å². The lowest BCUT2D eigenvalue weighted by Gasteiger charge is -2.18. The summed E-state index contributed by atoms with van der Waals surface area (Å²) in [4.78, 5) is 12.1. The van der Waals surface area contributed by atoms with Crippen LogP contribution in [0.5, 0.6) is 0 Å². The van der Waals surface area contributed by atoms with Crippen LogP contribution in [0.4, 0.5) is 0 Å². The van der Waals surface area contributed by atoms with Crippen LogP contribution in [0.25, 0.3) is 0 Å². The molecule has 120 valence electrons. The number of carbonyl (C=O) groups excluding carboxylic acids is 1. The Bertz CT molecular complexity index is 667. The van der Waals surface area contributed by atoms with Crippen LogP contribution < -0.4 is 5.43 Å². The number of nitrogens with zero attached hydrogens (tertiary/aromatic N) is 1. The summed E-state index contributed by atoms with van der Waals surface area (Å²) in [6.07, 6.45) is 1.75. The number of hydrogen-bond acceptors (Lipinski definition) is 2. The van der Waals surface area contributed by atoms with Gasteiger partial charge in [0.25, 0.3) is 5.91 Å². The Balaban J connectivity index is 1.96. The van der Waals surface area contributed by atoms with E-state index in [1.54, 1.807) is 6.21 Å². The summed E-state index contributed by atoms with van der Waals surface area (Å²) in [6, 6.07) is 17.7. The number of hydrogen-bond donors (Lipinski definition) is 1. The Morgan fingerprint density at radius 3 is 2.22 bits per heavy atom. The molecule has 1 atom stereocenters. The van der Waals surface area contributed by atoms with Crippen LogP contribution in [0.2, 0.25) is 0 Å². The quantitative estimate of drug-likeness (QED) is 0.655. The zero-order valence-corrected chi connectivity index (χ0v) is 14.2. The normalized spacial score (nSPS) is 13.0. The molecule has 1 unspecified atom stereocenters. The number of rotatable bonds is 4. The topological polar surface area (TPSA) is 41.5 Å². The van der Waals surface area contributed by atoms with Gasteiger partial charge >= 0.3 is 0 Å². The second kappa shape index (κ2) is 7.23. The van der Waals surface area contributed by atoms with Gasteiger partial charge in [0, 0.05) is 17.7 Å². The molecule has 2 aromatic carbocycles. The van der Waals surface area contributed by atoms with Crippen LogP contribution in [-0.4, -0.2) is 12.1 Å². The van der Waals surface area contributed by atoms with Crippen molar-refractivity contribution in [3.05, 3.63) is 71.3 Å². The molecule has 0 heterocycles. The number of hydrazone groups is 1. The lowest BCUT2D eigenvalue weighted by molar-refractivity contribution is 0.0955. The van der Waals surface area contributed by atoms with Gasteiger partial charge in [0.05, 0.1) is 0 Å². The third kappa shape index (κ3) is 4.78. The average Bonchev–Trinajstić information content (AvgIpc) is 2.54. The molecule has 2 rings (SSSR count). The highest BCUT2D eigenvalue weighted by atomic mass is 16.2. The maximum absolute atomic E-state index is 12.1. The second-order valence-corrected chi connectivity index (χ2v) is 6.75. The number of benzene rings is 2. The van der Waals surface area contributed by atoms with Crippen molar-refractivity contribution in [2.45, 2.75) is 39.0 Å². The summed E-state index contributed by atoms with van der Waals surface area (Å²) in [6.45, 7) is 8.50. The molecule has 0 bridgehead atoms. The van der Waals surface area contributed by atoms with Crippen molar-refractivity contribution in [2.75, 3.05) is 0 Å². The van der Waals surface area contributed by atoms with E-state index in [2.05, 4.69) is 31.3 Å². The molecule has 3 nitrogen and oxygen atoms in total. The highest BCUT2D eigenvalue weighted by Gasteiger charge is 2.14. The minimum atomic E-state index is -0.193. The molecule has 0 spiro atoms. The fraction of sp³-hybridized carbons (Fsp3) is 0.300. The molecule has 2 aromatic rings. The molecular formula is C20H24N2O. The first kappa shape index (κ1) is 16.9. The molecule has 23 heavy (non-hydrogen) atoms. The van der Waals surface area contributed by atoms with Gasteiger partial charge in [-0.2, -0.15) is 5.10 Å². The number of amides is 1. The lowest BCUT2D eigenvalue weighted by Crippen LogP contribution is -2.18. The maximum Gasteiger partial charge on any atom is 0.271 e. The highest BCUT2D eigenvalue weighted by Crippen LogP contribution is 2.22. The van der Waals surface area contributed by atoms with Gasteiger partial charge in [0.1, 0.15) is 0 Å². The molecule has 0 aliphatic heterocycles. The van der Waals surface area contributed by atoms with Crippen LogP contribution in [0, 0.1) is 0 Å². The molecule has 1 N–H and O–H groups in total. The molecule has 0 saturated heterocycles. The summed E-state index contributed by atoms with van der Waals surface area (Å²) in [5, 5.41) is 4.07. The molecule has 1 amide bonds. The lowest BCUT2D eigenvalue weighted by atomic mass is 9.87. The van der Waals surface area contributed by atoms with Gasteiger partial charge in [-0.1, -0.05) is 70.2 Å². The standard InChI is InChI=1S/C20H24N2O/c1-15(16-8-6-5-7-9-16)14-21-22-19(23)17-10-12-18(13-11-17)20(2,3)4/h5-15H,1-4H3,(H,22,23). The Kier molecular flexibility index (Phi) is 5.32. The van der Waals surface area contributed by atoms with E-state index >= 15 is 0 Å². The first-order valence-electron chi connectivity index (χ1n) is 7.87. The molecular weight excluding hydrogens is 284 g/mol. The van der Waals surface area contributed by atoms with E-state index in [-0.39, 0.29) is 17.2 Å². The first-order chi connectivity index (χ1) is 10.9. The minimum absolute atomic E-state index is 0.0816. The summed E-state index contributed by atoms with van der Waals surface area (Å²) >= 11 is 0. The van der Waals surface area contributed by atoms with Crippen LogP contribution >= 0.6 is 0 Å². The van der Waals surface area contributed by atoms with Gasteiger partial charge in [0.15, 0.2) is 0 Å². The molecule has 0 aliphatic rings. The van der Waals surface area contributed by atoms with E-state index in [0.717, 1.165) is 0 Å². The highest BCUT2D eigenvalue weighted by molar-refractivity contribution is 5.94. The van der Waals surface area contributed by atoms with E-state index in [0.29, 0.717) is 5.56 Å². The Morgan fingerprint density at radius 1 is 1.04 bits per heavy atom. The smallest absolute Gasteiger partial charge is 0.267 e. The van der Waals surface area contributed by atoms with Gasteiger partial charge in [-0.05, 0) is 28.7 Å².